The second-order valence-corrected chi connectivity index (χ2v) is 6.45. The van der Waals surface area contributed by atoms with Crippen LogP contribution in [0.3, 0.4) is 0 Å². The molecular formula is C13H18N2O2S2. The number of nitrogens with zero attached hydrogens (tertiary/aromatic N) is 1. The summed E-state index contributed by atoms with van der Waals surface area (Å²) < 4.78 is 0.614. The van der Waals surface area contributed by atoms with Crippen molar-refractivity contribution in [1.29, 1.82) is 0 Å². The lowest BCUT2D eigenvalue weighted by Gasteiger charge is -2.16. The molecule has 0 aromatic heterocycles. The monoisotopic (exact) mass is 298 g/mol. The van der Waals surface area contributed by atoms with Crippen molar-refractivity contribution in [2.24, 2.45) is 0 Å². The third-order valence-corrected chi connectivity index (χ3v) is 4.87. The summed E-state index contributed by atoms with van der Waals surface area (Å²) in [5.74, 6) is -0.0617. The summed E-state index contributed by atoms with van der Waals surface area (Å²) in [7, 11) is 0. The predicted molar refractivity (Wildman–Crippen MR) is 80.7 cm³/mol. The fourth-order valence-corrected chi connectivity index (χ4v) is 3.79. The van der Waals surface area contributed by atoms with E-state index in [-0.39, 0.29) is 11.8 Å². The van der Waals surface area contributed by atoms with Gasteiger partial charge in [0.2, 0.25) is 5.91 Å². The Morgan fingerprint density at radius 1 is 1.37 bits per heavy atom. The number of rotatable bonds is 3. The lowest BCUT2D eigenvalue weighted by atomic mass is 9.94. The highest BCUT2D eigenvalue weighted by Gasteiger charge is 2.33. The fourth-order valence-electron chi connectivity index (χ4n) is 2.36. The maximum Gasteiger partial charge on any atom is 0.266 e. The van der Waals surface area contributed by atoms with Crippen LogP contribution in [0, 0.1) is 0 Å². The van der Waals surface area contributed by atoms with Crippen molar-refractivity contribution < 1.29 is 9.59 Å². The molecule has 0 aromatic carbocycles. The minimum Gasteiger partial charge on any atom is -0.355 e. The minimum absolute atomic E-state index is 0.0252. The molecule has 0 radical (unpaired) electrons. The van der Waals surface area contributed by atoms with E-state index in [1.54, 1.807) is 4.90 Å². The molecule has 0 aromatic rings. The fraction of sp³-hybridized carbons (Fsp3) is 0.615. The number of amides is 2. The molecule has 104 valence electrons. The summed E-state index contributed by atoms with van der Waals surface area (Å²) in [6.45, 7) is 2.37. The third kappa shape index (κ3) is 3.57. The van der Waals surface area contributed by atoms with Gasteiger partial charge in [0.15, 0.2) is 0 Å². The van der Waals surface area contributed by atoms with E-state index in [1.807, 2.05) is 0 Å². The van der Waals surface area contributed by atoms with Gasteiger partial charge in [-0.1, -0.05) is 36.0 Å². The Balaban J connectivity index is 2.01. The molecule has 0 atom stereocenters. The van der Waals surface area contributed by atoms with Crippen molar-refractivity contribution in [3.63, 3.8) is 0 Å². The van der Waals surface area contributed by atoms with Gasteiger partial charge in [-0.05, 0) is 25.7 Å². The van der Waals surface area contributed by atoms with Crippen molar-refractivity contribution in [2.45, 2.75) is 39.0 Å². The zero-order chi connectivity index (χ0) is 13.8. The van der Waals surface area contributed by atoms with Gasteiger partial charge < -0.3 is 5.32 Å². The number of hydrogen-bond donors (Lipinski definition) is 1. The normalized spacial score (nSPS) is 20.2. The molecule has 1 heterocycles. The first-order valence-corrected chi connectivity index (χ1v) is 7.82. The molecule has 2 fully saturated rings. The van der Waals surface area contributed by atoms with Crippen LogP contribution in [0.15, 0.2) is 10.5 Å². The molecule has 1 N–H and O–H groups in total. The van der Waals surface area contributed by atoms with Crippen LogP contribution in [0.2, 0.25) is 0 Å². The molecule has 0 spiro atoms. The summed E-state index contributed by atoms with van der Waals surface area (Å²) in [6, 6.07) is 0. The Hall–Kier alpha value is -0.880. The van der Waals surface area contributed by atoms with E-state index in [2.05, 4.69) is 5.32 Å². The Labute approximate surface area is 123 Å². The first-order valence-electron chi connectivity index (χ1n) is 6.59. The van der Waals surface area contributed by atoms with Crippen LogP contribution in [0.1, 0.15) is 39.0 Å². The van der Waals surface area contributed by atoms with E-state index in [9.17, 15) is 9.59 Å². The van der Waals surface area contributed by atoms with Crippen LogP contribution in [0.4, 0.5) is 0 Å². The Morgan fingerprint density at radius 3 is 2.68 bits per heavy atom. The molecule has 0 bridgehead atoms. The van der Waals surface area contributed by atoms with Gasteiger partial charge in [-0.2, -0.15) is 0 Å². The van der Waals surface area contributed by atoms with Crippen LogP contribution in [-0.2, 0) is 9.59 Å². The Kier molecular flexibility index (Phi) is 4.99. The summed E-state index contributed by atoms with van der Waals surface area (Å²) >= 11 is 6.69. The molecule has 2 amide bonds. The van der Waals surface area contributed by atoms with E-state index in [4.69, 9.17) is 12.2 Å². The Bertz CT molecular complexity index is 438. The Morgan fingerprint density at radius 2 is 2.05 bits per heavy atom. The van der Waals surface area contributed by atoms with Crippen molar-refractivity contribution in [3.8, 4) is 0 Å². The standard InChI is InChI=1S/C13H18N2O2S2/c1-9(16)14-7-8-15-12(17)11(19-13(15)18)10-5-3-2-4-6-10/h2-8H2,1H3,(H,14,16). The summed E-state index contributed by atoms with van der Waals surface area (Å²) in [6.07, 6.45) is 5.65. The molecule has 4 nitrogen and oxygen atoms in total. The average Bonchev–Trinajstić information content (AvgIpc) is 2.67. The molecule has 6 heteroatoms. The summed E-state index contributed by atoms with van der Waals surface area (Å²) in [5, 5.41) is 2.69. The van der Waals surface area contributed by atoms with Gasteiger partial charge in [0.05, 0.1) is 4.91 Å². The van der Waals surface area contributed by atoms with Crippen molar-refractivity contribution in [2.75, 3.05) is 13.1 Å². The number of hydrogen-bond acceptors (Lipinski definition) is 4. The van der Waals surface area contributed by atoms with Crippen LogP contribution >= 0.6 is 24.0 Å². The van der Waals surface area contributed by atoms with Crippen molar-refractivity contribution >= 4 is 40.1 Å². The van der Waals surface area contributed by atoms with Gasteiger partial charge in [0, 0.05) is 20.0 Å². The van der Waals surface area contributed by atoms with Crippen LogP contribution in [-0.4, -0.2) is 34.1 Å². The van der Waals surface area contributed by atoms with E-state index in [0.717, 1.165) is 17.7 Å². The molecular weight excluding hydrogens is 280 g/mol. The number of thioether (sulfide) groups is 1. The molecule has 19 heavy (non-hydrogen) atoms. The summed E-state index contributed by atoms with van der Waals surface area (Å²) in [5.41, 5.74) is 1.27. The largest absolute Gasteiger partial charge is 0.355 e. The quantitative estimate of drug-likeness (QED) is 0.641. The minimum atomic E-state index is -0.0870. The number of carbonyl (C=O) groups excluding carboxylic acids is 2. The van der Waals surface area contributed by atoms with Gasteiger partial charge in [0.25, 0.3) is 5.91 Å². The molecule has 1 aliphatic heterocycles. The van der Waals surface area contributed by atoms with E-state index >= 15 is 0 Å². The van der Waals surface area contributed by atoms with Gasteiger partial charge in [-0.15, -0.1) is 0 Å². The maximum absolute atomic E-state index is 12.3. The highest BCUT2D eigenvalue weighted by molar-refractivity contribution is 8.26. The molecule has 1 saturated heterocycles. The number of nitrogens with one attached hydrogen (secondary N) is 1. The van der Waals surface area contributed by atoms with Crippen LogP contribution in [0.5, 0.6) is 0 Å². The van der Waals surface area contributed by atoms with Gasteiger partial charge in [-0.25, -0.2) is 0 Å². The van der Waals surface area contributed by atoms with E-state index in [1.165, 1.54) is 43.5 Å². The first kappa shape index (κ1) is 14.5. The lowest BCUT2D eigenvalue weighted by molar-refractivity contribution is -0.123. The first-order chi connectivity index (χ1) is 9.09. The number of carbonyl (C=O) groups is 2. The van der Waals surface area contributed by atoms with Gasteiger partial charge in [0.1, 0.15) is 4.32 Å². The molecule has 2 aliphatic rings. The van der Waals surface area contributed by atoms with Crippen molar-refractivity contribution in [1.82, 2.24) is 10.2 Å². The number of thiocarbonyl (C=S) groups is 1. The smallest absolute Gasteiger partial charge is 0.266 e. The predicted octanol–water partition coefficient (Wildman–Crippen LogP) is 2.20. The SMILES string of the molecule is CC(=O)NCCN1C(=O)C(=C2CCCCC2)SC1=S. The topological polar surface area (TPSA) is 49.4 Å². The molecule has 1 aliphatic carbocycles. The van der Waals surface area contributed by atoms with Gasteiger partial charge in [-0.3, -0.25) is 14.5 Å². The van der Waals surface area contributed by atoms with Gasteiger partial charge >= 0.3 is 0 Å². The highest BCUT2D eigenvalue weighted by Crippen LogP contribution is 2.38. The van der Waals surface area contributed by atoms with Crippen molar-refractivity contribution in [3.05, 3.63) is 10.5 Å². The molecule has 1 saturated carbocycles. The number of allylic oxidation sites excluding steroid dienone is 1. The maximum atomic E-state index is 12.3. The van der Waals surface area contributed by atoms with Crippen LogP contribution < -0.4 is 5.32 Å². The molecule has 0 unspecified atom stereocenters. The second kappa shape index (κ2) is 6.52. The second-order valence-electron chi connectivity index (χ2n) is 4.80. The van der Waals surface area contributed by atoms with E-state index in [0.29, 0.717) is 17.4 Å². The average molecular weight is 298 g/mol. The highest BCUT2D eigenvalue weighted by atomic mass is 32.2. The zero-order valence-corrected chi connectivity index (χ0v) is 12.7. The third-order valence-electron chi connectivity index (χ3n) is 3.34. The van der Waals surface area contributed by atoms with E-state index < -0.39 is 0 Å². The summed E-state index contributed by atoms with van der Waals surface area (Å²) in [4.78, 5) is 25.6. The lowest BCUT2D eigenvalue weighted by Crippen LogP contribution is -2.36. The molecule has 2 rings (SSSR count). The zero-order valence-electron chi connectivity index (χ0n) is 11.0. The van der Waals surface area contributed by atoms with Crippen LogP contribution in [0.25, 0.3) is 0 Å².